The third-order valence-corrected chi connectivity index (χ3v) is 3.89. The highest BCUT2D eigenvalue weighted by Gasteiger charge is 2.29. The van der Waals surface area contributed by atoms with Crippen molar-refractivity contribution in [2.45, 2.75) is 19.4 Å². The van der Waals surface area contributed by atoms with Gasteiger partial charge in [0.1, 0.15) is 5.75 Å². The number of amides is 2. The molecule has 134 valence electrons. The topological polar surface area (TPSA) is 93.7 Å². The lowest BCUT2D eigenvalue weighted by Gasteiger charge is -2.25. The summed E-state index contributed by atoms with van der Waals surface area (Å²) in [6, 6.07) is 11.8. The molecule has 1 aliphatic heterocycles. The van der Waals surface area contributed by atoms with E-state index >= 15 is 0 Å². The summed E-state index contributed by atoms with van der Waals surface area (Å²) >= 11 is 0. The van der Waals surface area contributed by atoms with Crippen LogP contribution in [0.15, 0.2) is 42.5 Å². The molecule has 2 N–H and O–H groups in total. The predicted molar refractivity (Wildman–Crippen MR) is 95.3 cm³/mol. The number of rotatable bonds is 4. The minimum absolute atomic E-state index is 0.151. The van der Waals surface area contributed by atoms with Crippen molar-refractivity contribution < 1.29 is 23.9 Å². The molecule has 2 aromatic rings. The zero-order chi connectivity index (χ0) is 18.7. The Kier molecular flexibility index (Phi) is 4.88. The zero-order valence-corrected chi connectivity index (χ0v) is 14.4. The van der Waals surface area contributed by atoms with Crippen molar-refractivity contribution in [2.75, 3.05) is 17.7 Å². The number of methoxy groups -OCH3 is 1. The second kappa shape index (κ2) is 7.26. The summed E-state index contributed by atoms with van der Waals surface area (Å²) in [4.78, 5) is 36.0. The van der Waals surface area contributed by atoms with E-state index in [0.717, 1.165) is 5.56 Å². The van der Waals surface area contributed by atoms with Crippen molar-refractivity contribution in [1.82, 2.24) is 0 Å². The van der Waals surface area contributed by atoms with Crippen LogP contribution in [0.1, 0.15) is 22.3 Å². The van der Waals surface area contributed by atoms with Gasteiger partial charge in [0.15, 0.2) is 6.10 Å². The van der Waals surface area contributed by atoms with E-state index in [-0.39, 0.29) is 12.3 Å². The first-order valence-electron chi connectivity index (χ1n) is 8.02. The van der Waals surface area contributed by atoms with Crippen LogP contribution in [0.4, 0.5) is 11.4 Å². The number of aryl methyl sites for hydroxylation is 1. The van der Waals surface area contributed by atoms with Gasteiger partial charge in [0.2, 0.25) is 5.91 Å². The van der Waals surface area contributed by atoms with Crippen LogP contribution in [0, 0.1) is 6.92 Å². The Bertz CT molecular complexity index is 878. The molecule has 0 saturated heterocycles. The van der Waals surface area contributed by atoms with Crippen LogP contribution < -0.4 is 15.4 Å². The molecule has 3 rings (SSSR count). The Hall–Kier alpha value is -3.35. The van der Waals surface area contributed by atoms with Gasteiger partial charge in [0.05, 0.1) is 24.8 Å². The second-order valence-electron chi connectivity index (χ2n) is 5.92. The number of esters is 1. The molecule has 2 aromatic carbocycles. The number of nitrogens with one attached hydrogen (secondary N) is 2. The summed E-state index contributed by atoms with van der Waals surface area (Å²) < 4.78 is 10.3. The van der Waals surface area contributed by atoms with Crippen molar-refractivity contribution in [3.63, 3.8) is 0 Å². The fraction of sp³-hybridized carbons (Fsp3) is 0.211. The number of hydrogen-bond acceptors (Lipinski definition) is 5. The highest BCUT2D eigenvalue weighted by molar-refractivity contribution is 6.02. The average Bonchev–Trinajstić information content (AvgIpc) is 2.62. The molecule has 7 heteroatoms. The van der Waals surface area contributed by atoms with Gasteiger partial charge in [-0.1, -0.05) is 12.1 Å². The van der Waals surface area contributed by atoms with Crippen LogP contribution in [-0.4, -0.2) is 31.0 Å². The third-order valence-electron chi connectivity index (χ3n) is 3.89. The standard InChI is InChI=1S/C19H18N2O5/c1-11-6-7-15-14(8-11)21-18(23)16(26-15)10-17(22)20-13-5-3-4-12(9-13)19(24)25-2/h3-9,16H,10H2,1-2H3,(H,20,22)(H,21,23). The maximum atomic E-state index is 12.3. The summed E-state index contributed by atoms with van der Waals surface area (Å²) in [6.45, 7) is 1.91. The number of ether oxygens (including phenoxy) is 2. The van der Waals surface area contributed by atoms with E-state index in [0.29, 0.717) is 22.7 Å². The molecular formula is C19H18N2O5. The van der Waals surface area contributed by atoms with Gasteiger partial charge >= 0.3 is 5.97 Å². The maximum Gasteiger partial charge on any atom is 0.337 e. The Morgan fingerprint density at radius 1 is 1.23 bits per heavy atom. The van der Waals surface area contributed by atoms with Gasteiger partial charge in [-0.2, -0.15) is 0 Å². The molecule has 0 aliphatic carbocycles. The van der Waals surface area contributed by atoms with E-state index in [1.165, 1.54) is 13.2 Å². The molecule has 0 bridgehead atoms. The molecule has 1 atom stereocenters. The fourth-order valence-corrected chi connectivity index (χ4v) is 2.62. The first-order chi connectivity index (χ1) is 12.5. The molecule has 1 aliphatic rings. The van der Waals surface area contributed by atoms with Gasteiger partial charge in [0.25, 0.3) is 5.91 Å². The number of carbonyl (C=O) groups is 3. The van der Waals surface area contributed by atoms with Crippen LogP contribution in [0.25, 0.3) is 0 Å². The van der Waals surface area contributed by atoms with Gasteiger partial charge < -0.3 is 20.1 Å². The summed E-state index contributed by atoms with van der Waals surface area (Å²) in [5, 5.41) is 5.40. The lowest BCUT2D eigenvalue weighted by Crippen LogP contribution is -2.39. The van der Waals surface area contributed by atoms with E-state index in [9.17, 15) is 14.4 Å². The van der Waals surface area contributed by atoms with Gasteiger partial charge in [-0.25, -0.2) is 4.79 Å². The predicted octanol–water partition coefficient (Wildman–Crippen LogP) is 2.51. The lowest BCUT2D eigenvalue weighted by molar-refractivity contribution is -0.128. The van der Waals surface area contributed by atoms with Gasteiger partial charge in [-0.05, 0) is 42.8 Å². The van der Waals surface area contributed by atoms with Crippen LogP contribution in [0.5, 0.6) is 5.75 Å². The SMILES string of the molecule is COC(=O)c1cccc(NC(=O)CC2Oc3ccc(C)cc3NC2=O)c1. The highest BCUT2D eigenvalue weighted by Crippen LogP contribution is 2.31. The largest absolute Gasteiger partial charge is 0.478 e. The molecule has 0 saturated carbocycles. The highest BCUT2D eigenvalue weighted by atomic mass is 16.5. The van der Waals surface area contributed by atoms with E-state index < -0.39 is 18.0 Å². The zero-order valence-electron chi connectivity index (χ0n) is 14.4. The quantitative estimate of drug-likeness (QED) is 0.823. The third kappa shape index (κ3) is 3.83. The Morgan fingerprint density at radius 2 is 2.04 bits per heavy atom. The molecule has 0 radical (unpaired) electrons. The van der Waals surface area contributed by atoms with Crippen molar-refractivity contribution in [3.05, 3.63) is 53.6 Å². The Balaban J connectivity index is 1.66. The number of carbonyl (C=O) groups excluding carboxylic acids is 3. The van der Waals surface area contributed by atoms with Gasteiger partial charge in [0, 0.05) is 5.69 Å². The number of anilines is 2. The Labute approximate surface area is 150 Å². The lowest BCUT2D eigenvalue weighted by atomic mass is 10.1. The smallest absolute Gasteiger partial charge is 0.337 e. The Morgan fingerprint density at radius 3 is 2.81 bits per heavy atom. The molecule has 0 spiro atoms. The monoisotopic (exact) mass is 354 g/mol. The van der Waals surface area contributed by atoms with E-state index in [4.69, 9.17) is 4.74 Å². The van der Waals surface area contributed by atoms with E-state index in [2.05, 4.69) is 15.4 Å². The van der Waals surface area contributed by atoms with Gasteiger partial charge in [-0.3, -0.25) is 9.59 Å². The van der Waals surface area contributed by atoms with Crippen LogP contribution in [-0.2, 0) is 14.3 Å². The van der Waals surface area contributed by atoms with Crippen LogP contribution >= 0.6 is 0 Å². The van der Waals surface area contributed by atoms with Crippen molar-refractivity contribution in [1.29, 1.82) is 0 Å². The number of benzene rings is 2. The summed E-state index contributed by atoms with van der Waals surface area (Å²) in [5.41, 5.74) is 2.35. The molecule has 26 heavy (non-hydrogen) atoms. The van der Waals surface area contributed by atoms with Crippen molar-refractivity contribution >= 4 is 29.2 Å². The molecule has 0 aromatic heterocycles. The fourth-order valence-electron chi connectivity index (χ4n) is 2.62. The minimum atomic E-state index is -0.922. The number of hydrogen-bond donors (Lipinski definition) is 2. The molecule has 2 amide bonds. The molecule has 7 nitrogen and oxygen atoms in total. The average molecular weight is 354 g/mol. The molecule has 0 fully saturated rings. The minimum Gasteiger partial charge on any atom is -0.478 e. The number of fused-ring (bicyclic) bond motifs is 1. The van der Waals surface area contributed by atoms with Gasteiger partial charge in [-0.15, -0.1) is 0 Å². The normalized spacial score (nSPS) is 15.3. The first-order valence-corrected chi connectivity index (χ1v) is 8.02. The molecular weight excluding hydrogens is 336 g/mol. The summed E-state index contributed by atoms with van der Waals surface area (Å²) in [6.07, 6.45) is -1.07. The first kappa shape index (κ1) is 17.5. The summed E-state index contributed by atoms with van der Waals surface area (Å²) in [7, 11) is 1.28. The van der Waals surface area contributed by atoms with Crippen LogP contribution in [0.2, 0.25) is 0 Å². The van der Waals surface area contributed by atoms with Crippen LogP contribution in [0.3, 0.4) is 0 Å². The summed E-state index contributed by atoms with van der Waals surface area (Å²) in [5.74, 6) is -0.743. The van der Waals surface area contributed by atoms with E-state index in [1.807, 2.05) is 19.1 Å². The molecule has 1 heterocycles. The van der Waals surface area contributed by atoms with Crippen molar-refractivity contribution in [3.8, 4) is 5.75 Å². The maximum absolute atomic E-state index is 12.3. The van der Waals surface area contributed by atoms with E-state index in [1.54, 1.807) is 24.3 Å². The molecule has 1 unspecified atom stereocenters. The van der Waals surface area contributed by atoms with Crippen molar-refractivity contribution in [2.24, 2.45) is 0 Å². The second-order valence-corrected chi connectivity index (χ2v) is 5.92.